The SMILES string of the molecule is FC(F)(F)Oc1ccc(-c2ccc(-c3c4c(c(-c5ccc(-c6ccc(OC(F)(F)F)c(SC(F)(F)F)c6)s5)c5nsnc35)N=S=N4)s2)cc1SC(F)(F)F. The molecular formula is C30H10F12N4O2S6. The third-order valence-corrected chi connectivity index (χ3v) is 11.9. The fraction of sp³-hybridized carbons (Fsp3) is 0.133. The van der Waals surface area contributed by atoms with Gasteiger partial charge in [-0.3, -0.25) is 0 Å². The Bertz CT molecular complexity index is 2310. The number of fused-ring (bicyclic) bond motifs is 2. The molecule has 0 radical (unpaired) electrons. The zero-order valence-corrected chi connectivity index (χ0v) is 30.3. The molecule has 0 unspecified atom stereocenters. The van der Waals surface area contributed by atoms with E-state index in [0.717, 1.165) is 70.0 Å². The molecule has 3 aromatic carbocycles. The van der Waals surface area contributed by atoms with Crippen molar-refractivity contribution >= 4 is 91.7 Å². The summed E-state index contributed by atoms with van der Waals surface area (Å²) in [6, 6.07) is 12.3. The van der Waals surface area contributed by atoms with Gasteiger partial charge >= 0.3 is 23.7 Å². The van der Waals surface area contributed by atoms with Gasteiger partial charge < -0.3 is 9.47 Å². The summed E-state index contributed by atoms with van der Waals surface area (Å²) in [5, 5.41) is 0. The van der Waals surface area contributed by atoms with Crippen LogP contribution in [0, 0.1) is 0 Å². The Morgan fingerprint density at radius 1 is 0.500 bits per heavy atom. The number of hydrogen-bond donors (Lipinski definition) is 0. The Morgan fingerprint density at radius 3 is 1.26 bits per heavy atom. The lowest BCUT2D eigenvalue weighted by Gasteiger charge is -2.15. The van der Waals surface area contributed by atoms with Crippen molar-refractivity contribution in [1.29, 1.82) is 0 Å². The molecule has 0 fully saturated rings. The van der Waals surface area contributed by atoms with E-state index in [1.165, 1.54) is 12.1 Å². The van der Waals surface area contributed by atoms with E-state index in [1.54, 1.807) is 24.3 Å². The van der Waals surface area contributed by atoms with Crippen LogP contribution in [0.15, 0.2) is 79.2 Å². The largest absolute Gasteiger partial charge is 0.573 e. The molecule has 1 aliphatic heterocycles. The summed E-state index contributed by atoms with van der Waals surface area (Å²) in [6.07, 6.45) is -10.5. The highest BCUT2D eigenvalue weighted by Gasteiger charge is 2.38. The van der Waals surface area contributed by atoms with E-state index < -0.39 is 68.6 Å². The smallest absolute Gasteiger partial charge is 0.405 e. The maximum atomic E-state index is 13.3. The van der Waals surface area contributed by atoms with Crippen LogP contribution < -0.4 is 9.47 Å². The van der Waals surface area contributed by atoms with Crippen LogP contribution in [0.4, 0.5) is 64.1 Å². The molecule has 6 aromatic rings. The van der Waals surface area contributed by atoms with Gasteiger partial charge in [-0.05, 0) is 95.3 Å². The van der Waals surface area contributed by atoms with E-state index >= 15 is 0 Å². The topological polar surface area (TPSA) is 69.0 Å². The summed E-state index contributed by atoms with van der Waals surface area (Å²) < 4.78 is 182. The lowest BCUT2D eigenvalue weighted by atomic mass is 10.0. The molecule has 0 aliphatic carbocycles. The summed E-state index contributed by atoms with van der Waals surface area (Å²) >= 11 is 2.37. The molecule has 7 rings (SSSR count). The lowest BCUT2D eigenvalue weighted by molar-refractivity contribution is -0.276. The molecule has 54 heavy (non-hydrogen) atoms. The molecule has 0 amide bonds. The zero-order chi connectivity index (χ0) is 38.8. The number of ether oxygens (including phenoxy) is 2. The number of hydrogen-bond acceptors (Lipinski definition) is 11. The molecule has 0 N–H and O–H groups in total. The first-order valence-corrected chi connectivity index (χ1v) is 18.9. The van der Waals surface area contributed by atoms with Crippen LogP contribution in [0.25, 0.3) is 52.8 Å². The van der Waals surface area contributed by atoms with Crippen molar-refractivity contribution in [2.24, 2.45) is 8.73 Å². The Labute approximate surface area is 317 Å². The second-order valence-corrected chi connectivity index (χ2v) is 16.0. The van der Waals surface area contributed by atoms with Crippen LogP contribution >= 0.6 is 57.9 Å². The van der Waals surface area contributed by atoms with Crippen molar-refractivity contribution in [2.75, 3.05) is 0 Å². The average molecular weight is 879 g/mol. The van der Waals surface area contributed by atoms with Crippen LogP contribution in [0.2, 0.25) is 0 Å². The minimum absolute atomic E-state index is 0.172. The second kappa shape index (κ2) is 14.0. The van der Waals surface area contributed by atoms with E-state index in [0.29, 0.717) is 53.0 Å². The number of benzene rings is 3. The van der Waals surface area contributed by atoms with E-state index in [2.05, 4.69) is 26.9 Å². The quantitative estimate of drug-likeness (QED) is 0.112. The van der Waals surface area contributed by atoms with Gasteiger partial charge in [0.1, 0.15) is 33.9 Å². The normalized spacial score (nSPS) is 13.4. The van der Waals surface area contributed by atoms with Gasteiger partial charge in [0, 0.05) is 30.6 Å². The van der Waals surface area contributed by atoms with Gasteiger partial charge in [0.2, 0.25) is 0 Å². The second-order valence-electron chi connectivity index (χ2n) is 10.5. The summed E-state index contributed by atoms with van der Waals surface area (Å²) in [7, 11) is 0. The standard InChI is InChI=1S/C30H10F12N4O2S6/c31-27(32,33)47-13-3-1-11(9-19(13)51-29(37,38)39)15-5-7-17(49-15)21-23-25(45-53-43-23)22(26-24(21)44-54-46-26)18-8-6-16(50-18)12-2-4-14(48-28(34,35)36)20(10-12)52-30(40,41)42/h1-10H. The third kappa shape index (κ3) is 8.51. The highest BCUT2D eigenvalue weighted by atomic mass is 32.2. The molecule has 4 heterocycles. The zero-order valence-electron chi connectivity index (χ0n) is 25.4. The van der Waals surface area contributed by atoms with Crippen molar-refractivity contribution in [3.05, 3.63) is 60.7 Å². The van der Waals surface area contributed by atoms with Gasteiger partial charge in [-0.1, -0.05) is 0 Å². The predicted octanol–water partition coefficient (Wildman–Crippen LogP) is 14.2. The van der Waals surface area contributed by atoms with Crippen molar-refractivity contribution < 1.29 is 62.2 Å². The Balaban J connectivity index is 1.27. The molecule has 1 aliphatic rings. The summed E-state index contributed by atoms with van der Waals surface area (Å²) in [5.74, 6) is -2.03. The Morgan fingerprint density at radius 2 is 0.889 bits per heavy atom. The fourth-order valence-electron chi connectivity index (χ4n) is 5.13. The van der Waals surface area contributed by atoms with Crippen molar-refractivity contribution in [3.63, 3.8) is 0 Å². The molecule has 0 bridgehead atoms. The van der Waals surface area contributed by atoms with E-state index in [1.807, 2.05) is 0 Å². The van der Waals surface area contributed by atoms with Crippen LogP contribution in [0.3, 0.4) is 0 Å². The van der Waals surface area contributed by atoms with Crippen molar-refractivity contribution in [1.82, 2.24) is 8.75 Å². The first-order chi connectivity index (χ1) is 25.2. The lowest BCUT2D eigenvalue weighted by Crippen LogP contribution is -2.18. The molecule has 0 spiro atoms. The number of halogens is 12. The molecule has 24 heteroatoms. The Hall–Kier alpha value is -3.84. The number of rotatable bonds is 8. The van der Waals surface area contributed by atoms with E-state index in [4.69, 9.17) is 0 Å². The monoisotopic (exact) mass is 878 g/mol. The molecule has 6 nitrogen and oxygen atoms in total. The summed E-state index contributed by atoms with van der Waals surface area (Å²) in [5.41, 5.74) is -7.10. The maximum Gasteiger partial charge on any atom is 0.573 e. The van der Waals surface area contributed by atoms with Gasteiger partial charge in [0.15, 0.2) is 0 Å². The summed E-state index contributed by atoms with van der Waals surface area (Å²) in [6.45, 7) is 0. The number of nitrogens with zero attached hydrogens (tertiary/aromatic N) is 4. The number of aromatic nitrogens is 2. The van der Waals surface area contributed by atoms with Gasteiger partial charge in [0.05, 0.1) is 32.9 Å². The Kier molecular flexibility index (Phi) is 9.98. The highest BCUT2D eigenvalue weighted by molar-refractivity contribution is 8.00. The van der Waals surface area contributed by atoms with Crippen LogP contribution in [0.1, 0.15) is 0 Å². The number of alkyl halides is 12. The van der Waals surface area contributed by atoms with Gasteiger partial charge in [-0.25, -0.2) is 0 Å². The van der Waals surface area contributed by atoms with Gasteiger partial charge in [-0.2, -0.15) is 43.8 Å². The maximum absolute atomic E-state index is 13.3. The number of thiophene rings is 2. The van der Waals surface area contributed by atoms with Gasteiger partial charge in [0.25, 0.3) is 0 Å². The minimum Gasteiger partial charge on any atom is -0.405 e. The van der Waals surface area contributed by atoms with Crippen LogP contribution in [-0.2, 0) is 11.4 Å². The third-order valence-electron chi connectivity index (χ3n) is 6.99. The first kappa shape index (κ1) is 38.4. The fourth-order valence-corrected chi connectivity index (χ4v) is 9.64. The average Bonchev–Trinajstić information content (AvgIpc) is 3.86. The van der Waals surface area contributed by atoms with Crippen molar-refractivity contribution in [2.45, 2.75) is 33.5 Å². The van der Waals surface area contributed by atoms with E-state index in [9.17, 15) is 52.7 Å². The first-order valence-electron chi connectivity index (χ1n) is 14.1. The molecule has 3 aromatic heterocycles. The molecule has 0 saturated heterocycles. The molecule has 0 saturated carbocycles. The highest BCUT2D eigenvalue weighted by Crippen LogP contribution is 2.55. The number of thioether (sulfide) groups is 2. The van der Waals surface area contributed by atoms with Crippen LogP contribution in [0.5, 0.6) is 11.5 Å². The van der Waals surface area contributed by atoms with Crippen LogP contribution in [-0.4, -0.2) is 32.5 Å². The molecule has 0 atom stereocenters. The molecular weight excluding hydrogens is 869 g/mol. The molecule has 282 valence electrons. The van der Waals surface area contributed by atoms with Crippen molar-refractivity contribution in [3.8, 4) is 53.3 Å². The van der Waals surface area contributed by atoms with E-state index in [-0.39, 0.29) is 11.1 Å². The summed E-state index contributed by atoms with van der Waals surface area (Å²) in [4.78, 5) is 0.226. The minimum atomic E-state index is -5.23. The van der Waals surface area contributed by atoms with Gasteiger partial charge in [-0.15, -0.1) is 49.0 Å². The predicted molar refractivity (Wildman–Crippen MR) is 184 cm³/mol.